The van der Waals surface area contributed by atoms with Gasteiger partial charge >= 0.3 is 0 Å². The van der Waals surface area contributed by atoms with Gasteiger partial charge in [-0.1, -0.05) is 26.8 Å². The van der Waals surface area contributed by atoms with E-state index >= 15 is 0 Å². The summed E-state index contributed by atoms with van der Waals surface area (Å²) < 4.78 is 19.1. The highest BCUT2D eigenvalue weighted by Crippen LogP contribution is 2.27. The lowest BCUT2D eigenvalue weighted by Crippen LogP contribution is -2.27. The third-order valence-electron chi connectivity index (χ3n) is 3.44. The highest BCUT2D eigenvalue weighted by atomic mass is 19.1. The van der Waals surface area contributed by atoms with Crippen molar-refractivity contribution >= 4 is 22.7 Å². The number of rotatable bonds is 2. The summed E-state index contributed by atoms with van der Waals surface area (Å²) >= 11 is 0. The number of hydrogen-bond acceptors (Lipinski definition) is 3. The number of oxazole rings is 1. The van der Waals surface area contributed by atoms with Crippen LogP contribution in [0.5, 0.6) is 0 Å². The smallest absolute Gasteiger partial charge is 0.229 e. The van der Waals surface area contributed by atoms with Crippen molar-refractivity contribution in [2.75, 3.05) is 5.32 Å². The fourth-order valence-corrected chi connectivity index (χ4v) is 2.05. The molecule has 1 amide bonds. The number of halogens is 1. The molecular weight excluding hydrogens is 295 g/mol. The molecule has 0 aliphatic heterocycles. The molecule has 0 radical (unpaired) electrons. The molecule has 23 heavy (non-hydrogen) atoms. The number of amides is 1. The molecule has 1 heterocycles. The van der Waals surface area contributed by atoms with E-state index in [9.17, 15) is 9.18 Å². The van der Waals surface area contributed by atoms with Crippen molar-refractivity contribution in [3.8, 4) is 11.5 Å². The van der Waals surface area contributed by atoms with Gasteiger partial charge in [0.1, 0.15) is 5.52 Å². The zero-order chi connectivity index (χ0) is 16.6. The van der Waals surface area contributed by atoms with Crippen molar-refractivity contribution in [1.82, 2.24) is 4.98 Å². The van der Waals surface area contributed by atoms with Gasteiger partial charge in [-0.25, -0.2) is 9.37 Å². The van der Waals surface area contributed by atoms with Crippen LogP contribution in [0.15, 0.2) is 46.9 Å². The Kier molecular flexibility index (Phi) is 3.64. The van der Waals surface area contributed by atoms with Crippen molar-refractivity contribution in [1.29, 1.82) is 0 Å². The first-order chi connectivity index (χ1) is 10.8. The number of nitrogens with zero attached hydrogens (tertiary/aromatic N) is 1. The van der Waals surface area contributed by atoms with Gasteiger partial charge in [-0.3, -0.25) is 4.79 Å². The average molecular weight is 312 g/mol. The van der Waals surface area contributed by atoms with Crippen LogP contribution in [-0.2, 0) is 4.79 Å². The van der Waals surface area contributed by atoms with Gasteiger partial charge in [-0.2, -0.15) is 0 Å². The van der Waals surface area contributed by atoms with Crippen LogP contribution in [-0.4, -0.2) is 10.9 Å². The Morgan fingerprint density at radius 2 is 1.83 bits per heavy atom. The molecular formula is C18H17FN2O2. The van der Waals surface area contributed by atoms with Crippen LogP contribution < -0.4 is 5.32 Å². The fraction of sp³-hybridized carbons (Fsp3) is 0.222. The van der Waals surface area contributed by atoms with Gasteiger partial charge in [0, 0.05) is 16.7 Å². The van der Waals surface area contributed by atoms with E-state index in [2.05, 4.69) is 10.3 Å². The van der Waals surface area contributed by atoms with E-state index in [1.807, 2.05) is 20.8 Å². The maximum Gasteiger partial charge on any atom is 0.229 e. The quantitative estimate of drug-likeness (QED) is 0.751. The van der Waals surface area contributed by atoms with Crippen molar-refractivity contribution in [3.05, 3.63) is 48.3 Å². The van der Waals surface area contributed by atoms with Gasteiger partial charge in [0.25, 0.3) is 0 Å². The Morgan fingerprint density at radius 1 is 1.13 bits per heavy atom. The van der Waals surface area contributed by atoms with E-state index in [0.717, 1.165) is 0 Å². The van der Waals surface area contributed by atoms with Crippen LogP contribution >= 0.6 is 0 Å². The third-order valence-corrected chi connectivity index (χ3v) is 3.44. The van der Waals surface area contributed by atoms with E-state index < -0.39 is 11.2 Å². The lowest BCUT2D eigenvalue weighted by atomic mass is 9.95. The van der Waals surface area contributed by atoms with E-state index in [-0.39, 0.29) is 11.5 Å². The van der Waals surface area contributed by atoms with Crippen LogP contribution in [0.25, 0.3) is 22.6 Å². The summed E-state index contributed by atoms with van der Waals surface area (Å²) in [6.45, 7) is 5.55. The number of para-hydroxylation sites is 1. The molecule has 0 atom stereocenters. The first-order valence-electron chi connectivity index (χ1n) is 7.31. The normalized spacial score (nSPS) is 11.7. The predicted molar refractivity (Wildman–Crippen MR) is 87.5 cm³/mol. The molecule has 0 unspecified atom stereocenters. The molecule has 1 aromatic heterocycles. The second-order valence-electron chi connectivity index (χ2n) is 6.39. The molecule has 0 saturated carbocycles. The lowest BCUT2D eigenvalue weighted by molar-refractivity contribution is -0.123. The van der Waals surface area contributed by atoms with E-state index in [1.54, 1.807) is 36.4 Å². The fourth-order valence-electron chi connectivity index (χ4n) is 2.05. The van der Waals surface area contributed by atoms with Crippen molar-refractivity contribution in [2.24, 2.45) is 5.41 Å². The van der Waals surface area contributed by atoms with Gasteiger partial charge < -0.3 is 9.73 Å². The van der Waals surface area contributed by atoms with Crippen LogP contribution in [0.1, 0.15) is 20.8 Å². The Labute approximate surface area is 133 Å². The highest BCUT2D eigenvalue weighted by Gasteiger charge is 2.21. The average Bonchev–Trinajstić information content (AvgIpc) is 2.92. The van der Waals surface area contributed by atoms with E-state index in [1.165, 1.54) is 6.07 Å². The van der Waals surface area contributed by atoms with E-state index in [0.29, 0.717) is 22.7 Å². The number of benzene rings is 2. The van der Waals surface area contributed by atoms with Crippen LogP contribution in [0.4, 0.5) is 10.1 Å². The molecule has 5 heteroatoms. The summed E-state index contributed by atoms with van der Waals surface area (Å²) in [5.74, 6) is -0.150. The predicted octanol–water partition coefficient (Wildman–Crippen LogP) is 4.62. The number of hydrogen-bond donors (Lipinski definition) is 1. The van der Waals surface area contributed by atoms with Crippen molar-refractivity contribution in [3.63, 3.8) is 0 Å². The Balaban J connectivity index is 1.86. The number of fused-ring (bicyclic) bond motifs is 1. The second kappa shape index (κ2) is 5.50. The van der Waals surface area contributed by atoms with Gasteiger partial charge in [0.15, 0.2) is 11.4 Å². The molecule has 1 N–H and O–H groups in total. The van der Waals surface area contributed by atoms with Gasteiger partial charge in [-0.05, 0) is 36.4 Å². The number of carbonyl (C=O) groups excluding carboxylic acids is 1. The minimum Gasteiger partial charge on any atom is -0.433 e. The summed E-state index contributed by atoms with van der Waals surface area (Å²) in [5, 5.41) is 2.85. The number of aromatic nitrogens is 1. The molecule has 0 bridgehead atoms. The van der Waals surface area contributed by atoms with E-state index in [4.69, 9.17) is 4.42 Å². The first kappa shape index (κ1) is 15.2. The topological polar surface area (TPSA) is 55.1 Å². The first-order valence-corrected chi connectivity index (χ1v) is 7.31. The maximum atomic E-state index is 13.7. The summed E-state index contributed by atoms with van der Waals surface area (Å²) in [6.07, 6.45) is 0. The van der Waals surface area contributed by atoms with Crippen LogP contribution in [0, 0.1) is 11.2 Å². The zero-order valence-corrected chi connectivity index (χ0v) is 13.2. The molecule has 0 fully saturated rings. The van der Waals surface area contributed by atoms with Gasteiger partial charge in [-0.15, -0.1) is 0 Å². The molecule has 0 spiro atoms. The summed E-state index contributed by atoms with van der Waals surface area (Å²) in [6, 6.07) is 11.7. The number of carbonyl (C=O) groups is 1. The lowest BCUT2D eigenvalue weighted by Gasteiger charge is -2.17. The van der Waals surface area contributed by atoms with Crippen molar-refractivity contribution < 1.29 is 13.6 Å². The summed E-state index contributed by atoms with van der Waals surface area (Å²) in [5.41, 5.74) is 1.57. The van der Waals surface area contributed by atoms with Gasteiger partial charge in [0.2, 0.25) is 11.8 Å². The molecule has 118 valence electrons. The van der Waals surface area contributed by atoms with Crippen LogP contribution in [0.2, 0.25) is 0 Å². The Hall–Kier alpha value is -2.69. The minimum absolute atomic E-state index is 0.0609. The standard InChI is InChI=1S/C18H17FN2O2/c1-18(2,3)17(22)20-12-9-7-11(8-10-12)16-21-14-6-4-5-13(19)15(14)23-16/h4-10H,1-3H3,(H,20,22). The Bertz CT molecular complexity index is 861. The number of anilines is 1. The van der Waals surface area contributed by atoms with Gasteiger partial charge in [0.05, 0.1) is 0 Å². The molecule has 0 aliphatic rings. The molecule has 3 rings (SSSR count). The largest absolute Gasteiger partial charge is 0.433 e. The zero-order valence-electron chi connectivity index (χ0n) is 13.2. The van der Waals surface area contributed by atoms with Crippen LogP contribution in [0.3, 0.4) is 0 Å². The monoisotopic (exact) mass is 312 g/mol. The molecule has 4 nitrogen and oxygen atoms in total. The second-order valence-corrected chi connectivity index (χ2v) is 6.39. The summed E-state index contributed by atoms with van der Waals surface area (Å²) in [4.78, 5) is 16.2. The molecule has 0 aliphatic carbocycles. The minimum atomic E-state index is -0.462. The summed E-state index contributed by atoms with van der Waals surface area (Å²) in [7, 11) is 0. The third kappa shape index (κ3) is 3.08. The number of nitrogens with one attached hydrogen (secondary N) is 1. The SMILES string of the molecule is CC(C)(C)C(=O)Nc1ccc(-c2nc3cccc(F)c3o2)cc1. The molecule has 0 saturated heterocycles. The Morgan fingerprint density at radius 3 is 2.43 bits per heavy atom. The molecule has 3 aromatic rings. The maximum absolute atomic E-state index is 13.7. The van der Waals surface area contributed by atoms with Crippen molar-refractivity contribution in [2.45, 2.75) is 20.8 Å². The highest BCUT2D eigenvalue weighted by molar-refractivity contribution is 5.94. The molecule has 2 aromatic carbocycles.